The fraction of sp³-hybridized carbons (Fsp3) is 1.00. The Balaban J connectivity index is 2.54. The molecule has 0 aromatic carbocycles. The first-order chi connectivity index (χ1) is 4.91. The molecular weight excluding hydrogens is 175 g/mol. The predicted octanol–water partition coefficient (Wildman–Crippen LogP) is 1.94. The van der Waals surface area contributed by atoms with Crippen molar-refractivity contribution in [3.05, 3.63) is 0 Å². The van der Waals surface area contributed by atoms with Gasteiger partial charge in [-0.15, -0.1) is 11.8 Å². The zero-order valence-corrected chi connectivity index (χ0v) is 7.17. The summed E-state index contributed by atoms with van der Waals surface area (Å²) in [6.45, 7) is 1.91. The van der Waals surface area contributed by atoms with Gasteiger partial charge in [-0.1, -0.05) is 0 Å². The first-order valence-electron chi connectivity index (χ1n) is 3.33. The van der Waals surface area contributed by atoms with Gasteiger partial charge in [0.25, 0.3) is 0 Å². The molecule has 1 aliphatic rings. The second-order valence-electron chi connectivity index (χ2n) is 2.71. The van der Waals surface area contributed by atoms with E-state index in [-0.39, 0.29) is 11.9 Å². The normalized spacial score (nSPS) is 34.6. The highest BCUT2D eigenvalue weighted by Crippen LogP contribution is 2.38. The summed E-state index contributed by atoms with van der Waals surface area (Å²) >= 11 is 0.981. The fourth-order valence-corrected chi connectivity index (χ4v) is 2.22. The zero-order valence-electron chi connectivity index (χ0n) is 6.35. The van der Waals surface area contributed by atoms with Gasteiger partial charge in [-0.05, 0) is 14.0 Å². The molecule has 0 aromatic rings. The van der Waals surface area contributed by atoms with Gasteiger partial charge in [0.2, 0.25) is 0 Å². The average molecular weight is 185 g/mol. The summed E-state index contributed by atoms with van der Waals surface area (Å²) in [7, 11) is 1.71. The molecule has 0 saturated carbocycles. The van der Waals surface area contributed by atoms with Crippen molar-refractivity contribution >= 4 is 11.8 Å². The molecule has 0 amide bonds. The third-order valence-corrected chi connectivity index (χ3v) is 3.30. The minimum atomic E-state index is -4.04. The molecule has 5 heteroatoms. The highest BCUT2D eigenvalue weighted by Gasteiger charge is 2.45. The van der Waals surface area contributed by atoms with Gasteiger partial charge in [0.05, 0.1) is 5.37 Å². The molecule has 2 unspecified atom stereocenters. The first kappa shape index (κ1) is 9.19. The highest BCUT2D eigenvalue weighted by molar-refractivity contribution is 8.00. The van der Waals surface area contributed by atoms with E-state index in [0.717, 1.165) is 11.8 Å². The third-order valence-electron chi connectivity index (χ3n) is 1.80. The maximum atomic E-state index is 12.1. The van der Waals surface area contributed by atoms with E-state index in [0.29, 0.717) is 0 Å². The minimum Gasteiger partial charge on any atom is -0.293 e. The molecule has 1 heterocycles. The van der Waals surface area contributed by atoms with E-state index in [1.54, 1.807) is 18.9 Å². The van der Waals surface area contributed by atoms with Crippen LogP contribution in [0.25, 0.3) is 0 Å². The van der Waals surface area contributed by atoms with Crippen molar-refractivity contribution in [3.8, 4) is 0 Å². The lowest BCUT2D eigenvalue weighted by Crippen LogP contribution is -2.30. The minimum absolute atomic E-state index is 0.0124. The Labute approximate surface area is 67.9 Å². The van der Waals surface area contributed by atoms with Gasteiger partial charge in [-0.3, -0.25) is 4.90 Å². The van der Waals surface area contributed by atoms with Gasteiger partial charge in [0.1, 0.15) is 5.25 Å². The van der Waals surface area contributed by atoms with Gasteiger partial charge in [-0.2, -0.15) is 13.2 Å². The first-order valence-corrected chi connectivity index (χ1v) is 4.28. The second kappa shape index (κ2) is 2.86. The topological polar surface area (TPSA) is 3.24 Å². The number of nitrogens with zero attached hydrogens (tertiary/aromatic N) is 1. The number of hydrogen-bond donors (Lipinski definition) is 0. The van der Waals surface area contributed by atoms with E-state index in [1.165, 1.54) is 0 Å². The molecule has 2 atom stereocenters. The lowest BCUT2D eigenvalue weighted by Gasteiger charge is -2.12. The van der Waals surface area contributed by atoms with Crippen LogP contribution in [0, 0.1) is 0 Å². The van der Waals surface area contributed by atoms with Gasteiger partial charge >= 0.3 is 6.18 Å². The van der Waals surface area contributed by atoms with Crippen molar-refractivity contribution in [2.24, 2.45) is 0 Å². The van der Waals surface area contributed by atoms with E-state index in [9.17, 15) is 13.2 Å². The summed E-state index contributed by atoms with van der Waals surface area (Å²) in [5, 5.41) is -1.20. The summed E-state index contributed by atoms with van der Waals surface area (Å²) in [6, 6.07) is 0. The van der Waals surface area contributed by atoms with Gasteiger partial charge in [-0.25, -0.2) is 0 Å². The quantitative estimate of drug-likeness (QED) is 0.567. The maximum absolute atomic E-state index is 12.1. The molecule has 1 saturated heterocycles. The van der Waals surface area contributed by atoms with Crippen LogP contribution in [0.4, 0.5) is 13.2 Å². The standard InChI is InChI=1S/C6H10F3NS/c1-4-10(2)3-5(11-4)6(7,8)9/h4-5H,3H2,1-2H3. The van der Waals surface area contributed by atoms with Crippen LogP contribution in [0.3, 0.4) is 0 Å². The van der Waals surface area contributed by atoms with Gasteiger partial charge in [0, 0.05) is 6.54 Å². The van der Waals surface area contributed by atoms with Gasteiger partial charge in [0.15, 0.2) is 0 Å². The van der Waals surface area contributed by atoms with E-state index in [1.807, 2.05) is 0 Å². The van der Waals surface area contributed by atoms with Crippen LogP contribution < -0.4 is 0 Å². The van der Waals surface area contributed by atoms with Crippen LogP contribution in [0.5, 0.6) is 0 Å². The summed E-state index contributed by atoms with van der Waals surface area (Å²) < 4.78 is 36.2. The summed E-state index contributed by atoms with van der Waals surface area (Å²) in [4.78, 5) is 1.71. The Morgan fingerprint density at radius 3 is 2.18 bits per heavy atom. The lowest BCUT2D eigenvalue weighted by molar-refractivity contribution is -0.129. The second-order valence-corrected chi connectivity index (χ2v) is 4.23. The van der Waals surface area contributed by atoms with Crippen molar-refractivity contribution in [1.29, 1.82) is 0 Å². The largest absolute Gasteiger partial charge is 0.401 e. The number of hydrogen-bond acceptors (Lipinski definition) is 2. The van der Waals surface area contributed by atoms with Crippen molar-refractivity contribution in [2.45, 2.75) is 23.7 Å². The maximum Gasteiger partial charge on any atom is 0.401 e. The van der Waals surface area contributed by atoms with Crippen molar-refractivity contribution < 1.29 is 13.2 Å². The molecule has 0 bridgehead atoms. The molecule has 1 aliphatic heterocycles. The molecule has 0 aromatic heterocycles. The van der Waals surface area contributed by atoms with Crippen LogP contribution in [-0.2, 0) is 0 Å². The molecule has 0 aliphatic carbocycles. The van der Waals surface area contributed by atoms with Crippen molar-refractivity contribution in [2.75, 3.05) is 13.6 Å². The lowest BCUT2D eigenvalue weighted by atomic mass is 10.4. The van der Waals surface area contributed by atoms with E-state index in [2.05, 4.69) is 0 Å². The van der Waals surface area contributed by atoms with Gasteiger partial charge < -0.3 is 0 Å². The van der Waals surface area contributed by atoms with Crippen LogP contribution in [0.15, 0.2) is 0 Å². The van der Waals surface area contributed by atoms with Crippen LogP contribution in [0.1, 0.15) is 6.92 Å². The van der Waals surface area contributed by atoms with Crippen LogP contribution >= 0.6 is 11.8 Å². The SMILES string of the molecule is CC1SC(C(F)(F)F)CN1C. The molecular formula is C6H10F3NS. The highest BCUT2D eigenvalue weighted by atomic mass is 32.2. The molecule has 0 radical (unpaired) electrons. The molecule has 1 fully saturated rings. The molecule has 0 N–H and O–H groups in total. The summed E-state index contributed by atoms with van der Waals surface area (Å²) in [5.41, 5.74) is 0. The molecule has 1 rings (SSSR count). The van der Waals surface area contributed by atoms with Crippen LogP contribution in [0.2, 0.25) is 0 Å². The third kappa shape index (κ3) is 2.02. The van der Waals surface area contributed by atoms with E-state index < -0.39 is 11.4 Å². The van der Waals surface area contributed by atoms with Crippen molar-refractivity contribution in [3.63, 3.8) is 0 Å². The monoisotopic (exact) mass is 185 g/mol. The van der Waals surface area contributed by atoms with Crippen molar-refractivity contribution in [1.82, 2.24) is 4.90 Å². The Kier molecular flexibility index (Phi) is 2.39. The Morgan fingerprint density at radius 2 is 2.00 bits per heavy atom. The molecule has 66 valence electrons. The smallest absolute Gasteiger partial charge is 0.293 e. The predicted molar refractivity (Wildman–Crippen MR) is 39.5 cm³/mol. The number of halogens is 3. The molecule has 11 heavy (non-hydrogen) atoms. The molecule has 0 spiro atoms. The average Bonchev–Trinajstić information content (AvgIpc) is 2.11. The molecule has 1 nitrogen and oxygen atoms in total. The van der Waals surface area contributed by atoms with Crippen LogP contribution in [-0.4, -0.2) is 35.3 Å². The zero-order chi connectivity index (χ0) is 8.65. The Bertz CT molecular complexity index is 137. The van der Waals surface area contributed by atoms with E-state index in [4.69, 9.17) is 0 Å². The number of thioether (sulfide) groups is 1. The van der Waals surface area contributed by atoms with E-state index >= 15 is 0 Å². The summed E-state index contributed by atoms with van der Waals surface area (Å²) in [5.74, 6) is 0. The Hall–Kier alpha value is 0.1000. The Morgan fingerprint density at radius 1 is 1.45 bits per heavy atom. The number of rotatable bonds is 0. The fourth-order valence-electron chi connectivity index (χ4n) is 0.975. The number of alkyl halides is 3. The summed E-state index contributed by atoms with van der Waals surface area (Å²) in [6.07, 6.45) is -4.04.